The molecule has 4 heterocycles. The second-order valence-electron chi connectivity index (χ2n) is 10.8. The van der Waals surface area contributed by atoms with E-state index in [0.717, 1.165) is 18.0 Å². The number of carbonyl (C=O) groups is 2. The summed E-state index contributed by atoms with van der Waals surface area (Å²) in [6.07, 6.45) is 6.77. The van der Waals surface area contributed by atoms with E-state index in [1.165, 1.54) is 12.4 Å². The molecule has 2 N–H and O–H groups in total. The Bertz CT molecular complexity index is 1410. The van der Waals surface area contributed by atoms with E-state index in [-0.39, 0.29) is 35.8 Å². The first-order chi connectivity index (χ1) is 18.9. The molecule has 3 aromatic rings. The van der Waals surface area contributed by atoms with Gasteiger partial charge in [-0.05, 0) is 39.3 Å². The van der Waals surface area contributed by atoms with Gasteiger partial charge in [0.15, 0.2) is 23.0 Å². The van der Waals surface area contributed by atoms with Crippen LogP contribution in [-0.4, -0.2) is 83.1 Å². The molecule has 5 rings (SSSR count). The third kappa shape index (κ3) is 5.52. The average Bonchev–Trinajstić information content (AvgIpc) is 3.37. The van der Waals surface area contributed by atoms with Crippen LogP contribution in [0, 0.1) is 11.6 Å². The Morgan fingerprint density at radius 1 is 1.12 bits per heavy atom. The molecule has 2 aliphatic rings. The highest BCUT2D eigenvalue weighted by Gasteiger charge is 2.48. The smallest absolute Gasteiger partial charge is 0.256 e. The quantitative estimate of drug-likeness (QED) is 0.475. The first kappa shape index (κ1) is 27.6. The number of carbonyl (C=O) groups excluding carboxylic acids is 2. The number of piperazine rings is 1. The number of hydrogen-bond acceptors (Lipinski definition) is 8. The van der Waals surface area contributed by atoms with Gasteiger partial charge in [-0.1, -0.05) is 0 Å². The monoisotopic (exact) mass is 555 g/mol. The number of amides is 2. The van der Waals surface area contributed by atoms with Gasteiger partial charge in [-0.25, -0.2) is 23.7 Å². The standard InChI is InChI=1S/C27H31F2N7O4/c1-17(24(37)33-21-13-32-23(14-31-21)40-20-5-4-18(28)12-19(20)29)34-10-11-36(26(2,3)15-34)25(38)27(39)7-6-22-30-8-9-35(22)16-27/h4-5,8-9,12-14,17,39H,6-7,10-11,15-16H2,1-3H3,(H,31,33,37)/t17-,27-/m0/s1. The van der Waals surface area contributed by atoms with E-state index in [2.05, 4.69) is 20.3 Å². The second-order valence-corrected chi connectivity index (χ2v) is 10.8. The molecule has 2 atom stereocenters. The Hall–Kier alpha value is -3.97. The van der Waals surface area contributed by atoms with E-state index in [0.29, 0.717) is 38.5 Å². The number of nitrogens with zero attached hydrogens (tertiary/aromatic N) is 6. The van der Waals surface area contributed by atoms with Gasteiger partial charge in [0.05, 0.1) is 30.5 Å². The molecular formula is C27H31F2N7O4. The summed E-state index contributed by atoms with van der Waals surface area (Å²) < 4.78 is 34.0. The molecule has 11 nitrogen and oxygen atoms in total. The lowest BCUT2D eigenvalue weighted by Gasteiger charge is -2.50. The number of imidazole rings is 1. The van der Waals surface area contributed by atoms with Gasteiger partial charge in [0.25, 0.3) is 5.91 Å². The maximum absolute atomic E-state index is 13.8. The van der Waals surface area contributed by atoms with E-state index in [1.807, 2.05) is 23.3 Å². The van der Waals surface area contributed by atoms with Gasteiger partial charge >= 0.3 is 0 Å². The molecule has 40 heavy (non-hydrogen) atoms. The first-order valence-corrected chi connectivity index (χ1v) is 13.0. The molecule has 2 amide bonds. The molecule has 0 bridgehead atoms. The number of aliphatic hydroxyl groups is 1. The third-order valence-corrected chi connectivity index (χ3v) is 7.49. The second kappa shape index (κ2) is 10.5. The minimum absolute atomic E-state index is 0.0250. The van der Waals surface area contributed by atoms with Crippen molar-refractivity contribution in [3.05, 3.63) is 60.4 Å². The number of aromatic nitrogens is 4. The number of hydrogen-bond donors (Lipinski definition) is 2. The molecular weight excluding hydrogens is 524 g/mol. The highest BCUT2D eigenvalue weighted by atomic mass is 19.1. The zero-order chi connectivity index (χ0) is 28.7. The van der Waals surface area contributed by atoms with Gasteiger partial charge in [0.2, 0.25) is 11.8 Å². The lowest BCUT2D eigenvalue weighted by molar-refractivity contribution is -0.165. The predicted molar refractivity (Wildman–Crippen MR) is 139 cm³/mol. The molecule has 0 unspecified atom stereocenters. The largest absolute Gasteiger partial charge is 0.434 e. The van der Waals surface area contributed by atoms with Crippen molar-refractivity contribution in [2.24, 2.45) is 0 Å². The van der Waals surface area contributed by atoms with Crippen molar-refractivity contribution in [2.75, 3.05) is 25.0 Å². The van der Waals surface area contributed by atoms with Gasteiger partial charge in [-0.3, -0.25) is 14.5 Å². The van der Waals surface area contributed by atoms with Gasteiger partial charge in [-0.15, -0.1) is 0 Å². The fourth-order valence-corrected chi connectivity index (χ4v) is 5.22. The number of benzene rings is 1. The van der Waals surface area contributed by atoms with Crippen molar-refractivity contribution in [1.29, 1.82) is 0 Å². The number of ether oxygens (including phenoxy) is 1. The van der Waals surface area contributed by atoms with Gasteiger partial charge in [0.1, 0.15) is 11.6 Å². The number of aryl methyl sites for hydroxylation is 1. The lowest BCUT2D eigenvalue weighted by Crippen LogP contribution is -2.67. The molecule has 212 valence electrons. The van der Waals surface area contributed by atoms with E-state index < -0.39 is 28.8 Å². The average molecular weight is 556 g/mol. The fraction of sp³-hybridized carbons (Fsp3) is 0.444. The summed E-state index contributed by atoms with van der Waals surface area (Å²) in [7, 11) is 0. The van der Waals surface area contributed by atoms with Crippen LogP contribution in [0.1, 0.15) is 33.0 Å². The zero-order valence-electron chi connectivity index (χ0n) is 22.5. The normalized spacial score (nSPS) is 21.4. The number of halogens is 2. The van der Waals surface area contributed by atoms with Crippen LogP contribution < -0.4 is 10.1 Å². The fourth-order valence-electron chi connectivity index (χ4n) is 5.22. The van der Waals surface area contributed by atoms with Crippen molar-refractivity contribution < 1.29 is 28.2 Å². The number of rotatable bonds is 6. The highest BCUT2D eigenvalue weighted by molar-refractivity contribution is 5.93. The van der Waals surface area contributed by atoms with Gasteiger partial charge in [0, 0.05) is 44.5 Å². The molecule has 13 heteroatoms. The summed E-state index contributed by atoms with van der Waals surface area (Å²) in [5.41, 5.74) is -2.14. The molecule has 0 aliphatic carbocycles. The topological polar surface area (TPSA) is 126 Å². The summed E-state index contributed by atoms with van der Waals surface area (Å²) in [6, 6.07) is 2.35. The van der Waals surface area contributed by atoms with Crippen molar-refractivity contribution in [1.82, 2.24) is 29.3 Å². The molecule has 1 saturated heterocycles. The minimum atomic E-state index is -1.51. The van der Waals surface area contributed by atoms with E-state index in [9.17, 15) is 23.5 Å². The van der Waals surface area contributed by atoms with Crippen LogP contribution in [0.5, 0.6) is 11.6 Å². The Balaban J connectivity index is 1.18. The predicted octanol–water partition coefficient (Wildman–Crippen LogP) is 2.37. The summed E-state index contributed by atoms with van der Waals surface area (Å²) >= 11 is 0. The summed E-state index contributed by atoms with van der Waals surface area (Å²) in [4.78, 5) is 42.6. The number of anilines is 1. The molecule has 2 aromatic heterocycles. The van der Waals surface area contributed by atoms with Crippen molar-refractivity contribution in [2.45, 2.75) is 57.3 Å². The number of fused-ring (bicyclic) bond motifs is 1. The molecule has 1 aromatic carbocycles. The third-order valence-electron chi connectivity index (χ3n) is 7.49. The maximum Gasteiger partial charge on any atom is 0.256 e. The van der Waals surface area contributed by atoms with Crippen LogP contribution in [0.3, 0.4) is 0 Å². The Morgan fingerprint density at radius 2 is 1.93 bits per heavy atom. The highest BCUT2D eigenvalue weighted by Crippen LogP contribution is 2.31. The Morgan fingerprint density at radius 3 is 2.62 bits per heavy atom. The van der Waals surface area contributed by atoms with Crippen LogP contribution in [0.4, 0.5) is 14.6 Å². The van der Waals surface area contributed by atoms with Gasteiger partial charge < -0.3 is 24.6 Å². The van der Waals surface area contributed by atoms with Crippen LogP contribution >= 0.6 is 0 Å². The summed E-state index contributed by atoms with van der Waals surface area (Å²) in [5, 5.41) is 14.0. The SMILES string of the molecule is C[C@@H](C(=O)Nc1cnc(Oc2ccc(F)cc2F)cn1)N1CCN(C(=O)[C@]2(O)CCc3nccn3C2)C(C)(C)C1. The Kier molecular flexibility index (Phi) is 7.27. The van der Waals surface area contributed by atoms with E-state index in [4.69, 9.17) is 4.74 Å². The molecule has 1 fully saturated rings. The first-order valence-electron chi connectivity index (χ1n) is 13.0. The van der Waals surface area contributed by atoms with Crippen LogP contribution in [-0.2, 0) is 22.6 Å². The zero-order valence-corrected chi connectivity index (χ0v) is 22.5. The number of nitrogens with one attached hydrogen (secondary N) is 1. The van der Waals surface area contributed by atoms with Crippen molar-refractivity contribution >= 4 is 17.6 Å². The van der Waals surface area contributed by atoms with Crippen LogP contribution in [0.25, 0.3) is 0 Å². The van der Waals surface area contributed by atoms with Crippen LogP contribution in [0.15, 0.2) is 43.0 Å². The molecule has 0 saturated carbocycles. The van der Waals surface area contributed by atoms with Gasteiger partial charge in [-0.2, -0.15) is 0 Å². The molecule has 0 spiro atoms. The lowest BCUT2D eigenvalue weighted by atomic mass is 9.88. The molecule has 0 radical (unpaired) electrons. The van der Waals surface area contributed by atoms with Crippen molar-refractivity contribution in [3.63, 3.8) is 0 Å². The summed E-state index contributed by atoms with van der Waals surface area (Å²) in [6.45, 7) is 6.99. The van der Waals surface area contributed by atoms with Crippen molar-refractivity contribution in [3.8, 4) is 11.6 Å². The minimum Gasteiger partial charge on any atom is -0.434 e. The van der Waals surface area contributed by atoms with Crippen LogP contribution in [0.2, 0.25) is 0 Å². The van der Waals surface area contributed by atoms with E-state index >= 15 is 0 Å². The summed E-state index contributed by atoms with van der Waals surface area (Å²) in [5.74, 6) is -1.43. The van der Waals surface area contributed by atoms with E-state index in [1.54, 1.807) is 24.2 Å². The molecule has 2 aliphatic heterocycles. The maximum atomic E-state index is 13.8. The Labute approximate surface area is 229 Å².